The van der Waals surface area contributed by atoms with Gasteiger partial charge >= 0.3 is 0 Å². The highest BCUT2D eigenvalue weighted by atomic mass is 16.8. The van der Waals surface area contributed by atoms with E-state index in [2.05, 4.69) is 27.7 Å². The van der Waals surface area contributed by atoms with Crippen LogP contribution in [0.5, 0.6) is 0 Å². The van der Waals surface area contributed by atoms with Crippen LogP contribution in [-0.2, 0) is 18.9 Å². The molecule has 2 saturated heterocycles. The van der Waals surface area contributed by atoms with Crippen molar-refractivity contribution in [1.29, 1.82) is 0 Å². The molecule has 2 rings (SSSR count). The van der Waals surface area contributed by atoms with Crippen LogP contribution in [0.4, 0.5) is 0 Å². The van der Waals surface area contributed by atoms with Gasteiger partial charge in [-0.05, 0) is 25.7 Å². The van der Waals surface area contributed by atoms with Crippen molar-refractivity contribution in [3.8, 4) is 0 Å². The number of aliphatic hydroxyl groups is 7. The smallest absolute Gasteiger partial charge is 0.233 e. The quantitative estimate of drug-likeness (QED) is 0.0324. The molecule has 55 heavy (non-hydrogen) atoms. The van der Waals surface area contributed by atoms with Gasteiger partial charge in [-0.3, -0.25) is 0 Å². The van der Waals surface area contributed by atoms with Gasteiger partial charge in [-0.15, -0.1) is 0 Å². The molecule has 0 aromatic rings. The van der Waals surface area contributed by atoms with Crippen LogP contribution in [0.15, 0.2) is 0 Å². The third-order valence-electron chi connectivity index (χ3n) is 12.3. The zero-order chi connectivity index (χ0) is 40.6. The lowest BCUT2D eigenvalue weighted by Gasteiger charge is -2.55. The number of hydrogen-bond acceptors (Lipinski definition) is 11. The maximum absolute atomic E-state index is 13.2. The molecular weight excluding hydrogens is 704 g/mol. The summed E-state index contributed by atoms with van der Waals surface area (Å²) in [6.07, 6.45) is 14.0. The van der Waals surface area contributed by atoms with Gasteiger partial charge in [-0.25, -0.2) is 0 Å². The Morgan fingerprint density at radius 3 is 1.44 bits per heavy atom. The Balaban J connectivity index is 2.74. The van der Waals surface area contributed by atoms with Crippen LogP contribution in [-0.4, -0.2) is 115 Å². The van der Waals surface area contributed by atoms with E-state index in [9.17, 15) is 35.7 Å². The van der Waals surface area contributed by atoms with Crippen LogP contribution in [0.25, 0.3) is 0 Å². The lowest BCUT2D eigenvalue weighted by atomic mass is 9.70. The molecule has 2 heterocycles. The molecule has 2 aliphatic rings. The fourth-order valence-corrected chi connectivity index (χ4v) is 8.80. The van der Waals surface area contributed by atoms with E-state index in [0.717, 1.165) is 141 Å². The van der Waals surface area contributed by atoms with Crippen molar-refractivity contribution in [1.82, 2.24) is 0 Å². The second kappa shape index (κ2) is 28.1. The van der Waals surface area contributed by atoms with Gasteiger partial charge in [0.05, 0.1) is 13.2 Å². The van der Waals surface area contributed by atoms with Crippen LogP contribution in [0.2, 0.25) is 0 Å². The number of rotatable bonds is 34. The largest absolute Gasteiger partial charge is 0.394 e. The van der Waals surface area contributed by atoms with Crippen molar-refractivity contribution in [2.24, 2.45) is 0 Å². The Morgan fingerprint density at radius 2 is 0.964 bits per heavy atom. The summed E-state index contributed by atoms with van der Waals surface area (Å²) in [5.74, 6) is -2.15. The molecule has 11 nitrogen and oxygen atoms in total. The monoisotopic (exact) mass is 791 g/mol. The van der Waals surface area contributed by atoms with Crippen LogP contribution in [0.1, 0.15) is 201 Å². The van der Waals surface area contributed by atoms with Gasteiger partial charge in [0.1, 0.15) is 47.8 Å². The SMILES string of the molecule is CCCCCCCCOC(CCCCCCCC)(CCCCCCCC)[C@@]1(O[C@H]2O[C@H](CO)[C@@H](O)[C@H](O)[C@H]2O)O[C@H](CO)[C@@H](O)[C@@]1(O)CCCCCCCC. The van der Waals surface area contributed by atoms with Gasteiger partial charge in [0.2, 0.25) is 5.79 Å². The van der Waals surface area contributed by atoms with Gasteiger partial charge < -0.3 is 54.7 Å². The number of hydrogen-bond donors (Lipinski definition) is 7. The minimum atomic E-state index is -2.15. The highest BCUT2D eigenvalue weighted by Gasteiger charge is 2.75. The van der Waals surface area contributed by atoms with Gasteiger partial charge in [0, 0.05) is 6.61 Å². The molecule has 0 unspecified atom stereocenters. The van der Waals surface area contributed by atoms with Crippen molar-refractivity contribution in [3.05, 3.63) is 0 Å². The first kappa shape index (κ1) is 50.7. The third kappa shape index (κ3) is 14.7. The van der Waals surface area contributed by atoms with Crippen LogP contribution in [0, 0.1) is 0 Å². The Bertz CT molecular complexity index is 923. The van der Waals surface area contributed by atoms with E-state index in [4.69, 9.17) is 18.9 Å². The van der Waals surface area contributed by atoms with E-state index in [1.165, 1.54) is 6.42 Å². The van der Waals surface area contributed by atoms with E-state index >= 15 is 0 Å². The molecule has 0 saturated carbocycles. The Labute approximate surface area is 334 Å². The van der Waals surface area contributed by atoms with Gasteiger partial charge in [-0.2, -0.15) is 0 Å². The second-order valence-corrected chi connectivity index (χ2v) is 16.8. The first-order chi connectivity index (χ1) is 26.6. The molecule has 0 bridgehead atoms. The second-order valence-electron chi connectivity index (χ2n) is 16.8. The van der Waals surface area contributed by atoms with Gasteiger partial charge in [0.25, 0.3) is 0 Å². The highest BCUT2D eigenvalue weighted by Crippen LogP contribution is 2.56. The molecule has 0 radical (unpaired) electrons. The van der Waals surface area contributed by atoms with Crippen LogP contribution < -0.4 is 0 Å². The molecule has 2 aliphatic heterocycles. The van der Waals surface area contributed by atoms with Crippen molar-refractivity contribution in [2.45, 2.75) is 261 Å². The van der Waals surface area contributed by atoms with E-state index < -0.39 is 73.1 Å². The Hall–Kier alpha value is -0.440. The summed E-state index contributed by atoms with van der Waals surface area (Å²) in [6, 6.07) is 0. The molecule has 0 spiro atoms. The van der Waals surface area contributed by atoms with E-state index in [-0.39, 0.29) is 6.42 Å². The average Bonchev–Trinajstić information content (AvgIpc) is 3.40. The standard InChI is InChI=1S/C44H86O11/c1-5-9-13-17-21-25-29-42(30-26-22-18-14-10-6-2,52-32-28-24-20-16-12-8-4)44(55-41-39(49)38(48)37(47)35(33-45)53-41)43(51,40(50)36(34-46)54-44)31-27-23-19-15-11-7-3/h35-41,45-51H,5-34H2,1-4H3/t35-,36-,37-,38+,39-,40-,41-,43+,44+/m1/s1. The van der Waals surface area contributed by atoms with Crippen molar-refractivity contribution in [2.75, 3.05) is 19.8 Å². The summed E-state index contributed by atoms with van der Waals surface area (Å²) in [5, 5.41) is 79.1. The number of ether oxygens (including phenoxy) is 4. The molecule has 0 aliphatic carbocycles. The summed E-state index contributed by atoms with van der Waals surface area (Å²) in [6.45, 7) is 7.83. The normalized spacial score (nSPS) is 30.1. The predicted octanol–water partition coefficient (Wildman–Crippen LogP) is 7.35. The van der Waals surface area contributed by atoms with E-state index in [0.29, 0.717) is 25.9 Å². The van der Waals surface area contributed by atoms with E-state index in [1.54, 1.807) is 0 Å². The zero-order valence-corrected chi connectivity index (χ0v) is 35.5. The minimum Gasteiger partial charge on any atom is -0.394 e. The summed E-state index contributed by atoms with van der Waals surface area (Å²) >= 11 is 0. The molecule has 9 atom stereocenters. The minimum absolute atomic E-state index is 0.0728. The van der Waals surface area contributed by atoms with Crippen LogP contribution >= 0.6 is 0 Å². The molecule has 0 aromatic heterocycles. The molecule has 7 N–H and O–H groups in total. The number of unbranched alkanes of at least 4 members (excludes halogenated alkanes) is 20. The lowest BCUT2D eigenvalue weighted by molar-refractivity contribution is -0.436. The van der Waals surface area contributed by atoms with Crippen LogP contribution in [0.3, 0.4) is 0 Å². The zero-order valence-electron chi connectivity index (χ0n) is 35.5. The molecule has 11 heteroatoms. The molecule has 328 valence electrons. The summed E-state index contributed by atoms with van der Waals surface area (Å²) < 4.78 is 26.8. The Morgan fingerprint density at radius 1 is 0.527 bits per heavy atom. The highest BCUT2D eigenvalue weighted by molar-refractivity contribution is 5.18. The third-order valence-corrected chi connectivity index (χ3v) is 12.3. The van der Waals surface area contributed by atoms with E-state index in [1.807, 2.05) is 0 Å². The fraction of sp³-hybridized carbons (Fsp3) is 1.00. The number of aliphatic hydroxyl groups excluding tert-OH is 6. The van der Waals surface area contributed by atoms with Gasteiger partial charge in [-0.1, -0.05) is 175 Å². The summed E-state index contributed by atoms with van der Waals surface area (Å²) in [7, 11) is 0. The predicted molar refractivity (Wildman–Crippen MR) is 217 cm³/mol. The first-order valence-corrected chi connectivity index (χ1v) is 22.9. The average molecular weight is 791 g/mol. The summed E-state index contributed by atoms with van der Waals surface area (Å²) in [4.78, 5) is 0. The summed E-state index contributed by atoms with van der Waals surface area (Å²) in [5.41, 5.74) is -3.47. The fourth-order valence-electron chi connectivity index (χ4n) is 8.80. The Kier molecular flexibility index (Phi) is 25.9. The van der Waals surface area contributed by atoms with Gasteiger partial charge in [0.15, 0.2) is 6.29 Å². The maximum Gasteiger partial charge on any atom is 0.233 e. The molecule has 2 fully saturated rings. The maximum atomic E-state index is 13.2. The first-order valence-electron chi connectivity index (χ1n) is 22.9. The van der Waals surface area contributed by atoms with Crippen molar-refractivity contribution in [3.63, 3.8) is 0 Å². The molecular formula is C44H86O11. The topological polar surface area (TPSA) is 179 Å². The molecule has 0 aromatic carbocycles. The molecule has 0 amide bonds. The van der Waals surface area contributed by atoms with Crippen molar-refractivity contribution < 1.29 is 54.7 Å². The lowest BCUT2D eigenvalue weighted by Crippen LogP contribution is -2.73. The van der Waals surface area contributed by atoms with Crippen molar-refractivity contribution >= 4 is 0 Å².